The fraction of sp³-hybridized carbons (Fsp3) is 0.917. The third kappa shape index (κ3) is 5.75. The molecule has 0 aliphatic carbocycles. The summed E-state index contributed by atoms with van der Waals surface area (Å²) in [6, 6.07) is 0. The SMILES string of the molecule is COCC(O)CN(C)C(=O)CC1CCSCC1. The van der Waals surface area contributed by atoms with E-state index in [0.29, 0.717) is 18.9 Å². The molecule has 0 radical (unpaired) electrons. The van der Waals surface area contributed by atoms with Gasteiger partial charge in [-0.25, -0.2) is 0 Å². The monoisotopic (exact) mass is 261 g/mol. The normalized spacial score (nSPS) is 19.0. The van der Waals surface area contributed by atoms with Gasteiger partial charge in [-0.3, -0.25) is 4.79 Å². The van der Waals surface area contributed by atoms with Crippen molar-refractivity contribution in [3.8, 4) is 0 Å². The van der Waals surface area contributed by atoms with Crippen LogP contribution >= 0.6 is 11.8 Å². The van der Waals surface area contributed by atoms with Gasteiger partial charge in [0.1, 0.15) is 0 Å². The predicted molar refractivity (Wildman–Crippen MR) is 70.2 cm³/mol. The van der Waals surface area contributed by atoms with Gasteiger partial charge < -0.3 is 14.7 Å². The van der Waals surface area contributed by atoms with Crippen molar-refractivity contribution in [2.75, 3.05) is 38.8 Å². The van der Waals surface area contributed by atoms with Crippen molar-refractivity contribution in [2.45, 2.75) is 25.4 Å². The average Bonchev–Trinajstić information content (AvgIpc) is 2.30. The lowest BCUT2D eigenvalue weighted by molar-refractivity contribution is -0.132. The molecule has 17 heavy (non-hydrogen) atoms. The number of hydrogen-bond acceptors (Lipinski definition) is 4. The van der Waals surface area contributed by atoms with Crippen LogP contribution in [-0.4, -0.2) is 60.8 Å². The van der Waals surface area contributed by atoms with E-state index < -0.39 is 6.10 Å². The molecular weight excluding hydrogens is 238 g/mol. The number of aliphatic hydroxyl groups excluding tert-OH is 1. The summed E-state index contributed by atoms with van der Waals surface area (Å²) in [7, 11) is 3.30. The first-order chi connectivity index (χ1) is 8.13. The molecule has 0 aromatic heterocycles. The molecule has 0 aromatic rings. The van der Waals surface area contributed by atoms with E-state index in [0.717, 1.165) is 12.8 Å². The molecule has 1 N–H and O–H groups in total. The summed E-state index contributed by atoms with van der Waals surface area (Å²) in [5.74, 6) is 3.02. The lowest BCUT2D eigenvalue weighted by Gasteiger charge is -2.25. The van der Waals surface area contributed by atoms with Crippen molar-refractivity contribution in [3.63, 3.8) is 0 Å². The molecule has 1 amide bonds. The van der Waals surface area contributed by atoms with E-state index in [1.165, 1.54) is 11.5 Å². The number of ether oxygens (including phenoxy) is 1. The second-order valence-electron chi connectivity index (χ2n) is 4.64. The van der Waals surface area contributed by atoms with E-state index in [1.807, 2.05) is 11.8 Å². The molecule has 1 atom stereocenters. The molecule has 0 aromatic carbocycles. The van der Waals surface area contributed by atoms with Gasteiger partial charge in [0.2, 0.25) is 5.91 Å². The molecule has 1 saturated heterocycles. The first kappa shape index (κ1) is 14.8. The molecule has 1 unspecified atom stereocenters. The largest absolute Gasteiger partial charge is 0.389 e. The van der Waals surface area contributed by atoms with Crippen molar-refractivity contribution in [2.24, 2.45) is 5.92 Å². The molecule has 0 spiro atoms. The summed E-state index contributed by atoms with van der Waals surface area (Å²) in [6.07, 6.45) is 2.32. The Labute approximate surface area is 108 Å². The number of aliphatic hydroxyl groups is 1. The van der Waals surface area contributed by atoms with E-state index in [1.54, 1.807) is 19.1 Å². The maximum Gasteiger partial charge on any atom is 0.222 e. The third-order valence-corrected chi connectivity index (χ3v) is 4.12. The Kier molecular flexibility index (Phi) is 6.92. The van der Waals surface area contributed by atoms with Crippen LogP contribution in [0.2, 0.25) is 0 Å². The fourth-order valence-corrected chi connectivity index (χ4v) is 3.22. The molecular formula is C12H23NO3S. The number of hydrogen-bond donors (Lipinski definition) is 1. The van der Waals surface area contributed by atoms with E-state index in [2.05, 4.69) is 0 Å². The molecule has 1 fully saturated rings. The first-order valence-electron chi connectivity index (χ1n) is 6.12. The number of rotatable bonds is 6. The zero-order valence-corrected chi connectivity index (χ0v) is 11.5. The zero-order valence-electron chi connectivity index (χ0n) is 10.7. The van der Waals surface area contributed by atoms with Crippen LogP contribution in [0.1, 0.15) is 19.3 Å². The number of carbonyl (C=O) groups excluding carboxylic acids is 1. The molecule has 1 rings (SSSR count). The quantitative estimate of drug-likeness (QED) is 0.774. The Hall–Kier alpha value is -0.260. The molecule has 1 aliphatic heterocycles. The zero-order chi connectivity index (χ0) is 12.7. The van der Waals surface area contributed by atoms with Gasteiger partial charge in [-0.15, -0.1) is 0 Å². The molecule has 1 aliphatic rings. The average molecular weight is 261 g/mol. The van der Waals surface area contributed by atoms with Gasteiger partial charge in [-0.2, -0.15) is 11.8 Å². The number of thioether (sulfide) groups is 1. The van der Waals surface area contributed by atoms with Gasteiger partial charge in [0.15, 0.2) is 0 Å². The Morgan fingerprint density at radius 1 is 1.53 bits per heavy atom. The van der Waals surface area contributed by atoms with Crippen molar-refractivity contribution in [3.05, 3.63) is 0 Å². The highest BCUT2D eigenvalue weighted by molar-refractivity contribution is 7.99. The van der Waals surface area contributed by atoms with Crippen molar-refractivity contribution in [1.29, 1.82) is 0 Å². The summed E-state index contributed by atoms with van der Waals surface area (Å²) in [6.45, 7) is 0.631. The van der Waals surface area contributed by atoms with E-state index in [-0.39, 0.29) is 12.5 Å². The highest BCUT2D eigenvalue weighted by Crippen LogP contribution is 2.25. The van der Waals surface area contributed by atoms with Gasteiger partial charge in [-0.05, 0) is 30.3 Å². The van der Waals surface area contributed by atoms with Crippen LogP contribution < -0.4 is 0 Å². The van der Waals surface area contributed by atoms with Crippen LogP contribution in [0.5, 0.6) is 0 Å². The number of methoxy groups -OCH3 is 1. The van der Waals surface area contributed by atoms with Gasteiger partial charge in [0, 0.05) is 27.1 Å². The van der Waals surface area contributed by atoms with Gasteiger partial charge in [0.25, 0.3) is 0 Å². The lowest BCUT2D eigenvalue weighted by atomic mass is 9.98. The highest BCUT2D eigenvalue weighted by atomic mass is 32.2. The van der Waals surface area contributed by atoms with E-state index in [4.69, 9.17) is 4.74 Å². The van der Waals surface area contributed by atoms with Gasteiger partial charge in [-0.1, -0.05) is 0 Å². The molecule has 4 nitrogen and oxygen atoms in total. The summed E-state index contributed by atoms with van der Waals surface area (Å²) in [5, 5.41) is 9.55. The summed E-state index contributed by atoms with van der Waals surface area (Å²) in [5.41, 5.74) is 0. The van der Waals surface area contributed by atoms with E-state index in [9.17, 15) is 9.90 Å². The van der Waals surface area contributed by atoms with Crippen LogP contribution in [0, 0.1) is 5.92 Å². The van der Waals surface area contributed by atoms with E-state index >= 15 is 0 Å². The fourth-order valence-electron chi connectivity index (χ4n) is 2.02. The van der Waals surface area contributed by atoms with Gasteiger partial charge in [0.05, 0.1) is 12.7 Å². The van der Waals surface area contributed by atoms with Crippen LogP contribution in [0.3, 0.4) is 0 Å². The minimum absolute atomic E-state index is 0.136. The molecule has 0 bridgehead atoms. The minimum atomic E-state index is -0.587. The van der Waals surface area contributed by atoms with Crippen molar-refractivity contribution in [1.82, 2.24) is 4.90 Å². The molecule has 1 heterocycles. The lowest BCUT2D eigenvalue weighted by Crippen LogP contribution is -2.37. The second kappa shape index (κ2) is 7.95. The number of nitrogens with zero attached hydrogens (tertiary/aromatic N) is 1. The molecule has 100 valence electrons. The van der Waals surface area contributed by atoms with Crippen LogP contribution in [0.15, 0.2) is 0 Å². The standard InChI is InChI=1S/C12H23NO3S/c1-13(8-11(14)9-16-2)12(15)7-10-3-5-17-6-4-10/h10-11,14H,3-9H2,1-2H3. The maximum atomic E-state index is 11.9. The smallest absolute Gasteiger partial charge is 0.222 e. The first-order valence-corrected chi connectivity index (χ1v) is 7.27. The topological polar surface area (TPSA) is 49.8 Å². The third-order valence-electron chi connectivity index (χ3n) is 3.07. The Morgan fingerprint density at radius 2 is 2.18 bits per heavy atom. The number of carbonyl (C=O) groups is 1. The summed E-state index contributed by atoms with van der Waals surface area (Å²) < 4.78 is 4.84. The highest BCUT2D eigenvalue weighted by Gasteiger charge is 2.20. The Morgan fingerprint density at radius 3 is 2.76 bits per heavy atom. The Balaban J connectivity index is 2.25. The van der Waals surface area contributed by atoms with Crippen molar-refractivity contribution >= 4 is 17.7 Å². The van der Waals surface area contributed by atoms with Gasteiger partial charge >= 0.3 is 0 Å². The molecule has 0 saturated carbocycles. The summed E-state index contributed by atoms with van der Waals surface area (Å²) in [4.78, 5) is 13.5. The predicted octanol–water partition coefficient (Wildman–Crippen LogP) is 0.985. The Bertz CT molecular complexity index is 232. The van der Waals surface area contributed by atoms with Crippen LogP contribution in [0.4, 0.5) is 0 Å². The maximum absolute atomic E-state index is 11.9. The van der Waals surface area contributed by atoms with Crippen LogP contribution in [-0.2, 0) is 9.53 Å². The summed E-state index contributed by atoms with van der Waals surface area (Å²) >= 11 is 1.97. The number of likely N-dealkylation sites (N-methyl/N-ethyl adjacent to an activating group) is 1. The number of amides is 1. The second-order valence-corrected chi connectivity index (χ2v) is 5.87. The van der Waals surface area contributed by atoms with Crippen molar-refractivity contribution < 1.29 is 14.6 Å². The molecule has 5 heteroatoms. The van der Waals surface area contributed by atoms with Crippen LogP contribution in [0.25, 0.3) is 0 Å². The minimum Gasteiger partial charge on any atom is -0.389 e.